The largest absolute Gasteiger partial charge is 0.370 e. The summed E-state index contributed by atoms with van der Waals surface area (Å²) < 4.78 is 0. The predicted octanol–water partition coefficient (Wildman–Crippen LogP) is 0.886. The maximum atomic E-state index is 10.7. The van der Waals surface area contributed by atoms with Crippen LogP contribution in [0.25, 0.3) is 0 Å². The van der Waals surface area contributed by atoms with Crippen LogP contribution in [-0.2, 0) is 4.79 Å². The first-order valence-corrected chi connectivity index (χ1v) is 5.11. The van der Waals surface area contributed by atoms with E-state index < -0.39 is 0 Å². The van der Waals surface area contributed by atoms with Crippen LogP contribution in [0, 0.1) is 11.8 Å². The van der Waals surface area contributed by atoms with Crippen LogP contribution in [0.15, 0.2) is 0 Å². The summed E-state index contributed by atoms with van der Waals surface area (Å²) in [5, 5.41) is 3.33. The van der Waals surface area contributed by atoms with E-state index >= 15 is 0 Å². The highest BCUT2D eigenvalue weighted by atomic mass is 16.1. The highest BCUT2D eigenvalue weighted by Crippen LogP contribution is 2.24. The number of carbonyl (C=O) groups excluding carboxylic acids is 1. The maximum absolute atomic E-state index is 10.7. The Morgan fingerprint density at radius 1 is 1.62 bits per heavy atom. The number of nitrogens with two attached hydrogens (primary N) is 1. The molecule has 1 heterocycles. The van der Waals surface area contributed by atoms with E-state index in [0.717, 1.165) is 24.8 Å². The molecule has 1 amide bonds. The van der Waals surface area contributed by atoms with Crippen molar-refractivity contribution in [2.45, 2.75) is 39.2 Å². The monoisotopic (exact) mass is 184 g/mol. The molecule has 3 heteroatoms. The van der Waals surface area contributed by atoms with E-state index in [1.807, 2.05) is 0 Å². The number of amides is 1. The summed E-state index contributed by atoms with van der Waals surface area (Å²) in [4.78, 5) is 10.7. The Kier molecular flexibility index (Phi) is 3.72. The van der Waals surface area contributed by atoms with Gasteiger partial charge in [-0.15, -0.1) is 0 Å². The zero-order valence-electron chi connectivity index (χ0n) is 8.55. The molecule has 0 spiro atoms. The van der Waals surface area contributed by atoms with Gasteiger partial charge in [-0.1, -0.05) is 13.8 Å². The Labute approximate surface area is 80.1 Å². The average Bonchev–Trinajstić information content (AvgIpc) is 2.03. The predicted molar refractivity (Wildman–Crippen MR) is 53.2 cm³/mol. The Hall–Kier alpha value is -0.570. The molecule has 0 aromatic heterocycles. The van der Waals surface area contributed by atoms with E-state index in [9.17, 15) is 4.79 Å². The van der Waals surface area contributed by atoms with Gasteiger partial charge < -0.3 is 11.1 Å². The van der Waals surface area contributed by atoms with Crippen LogP contribution in [-0.4, -0.2) is 18.5 Å². The number of piperidine rings is 1. The van der Waals surface area contributed by atoms with Gasteiger partial charge in [-0.05, 0) is 31.2 Å². The molecule has 0 bridgehead atoms. The van der Waals surface area contributed by atoms with Gasteiger partial charge in [0.05, 0.1) is 0 Å². The molecule has 1 rings (SSSR count). The molecule has 0 aromatic rings. The lowest BCUT2D eigenvalue weighted by Gasteiger charge is -2.32. The lowest BCUT2D eigenvalue weighted by Crippen LogP contribution is -2.41. The van der Waals surface area contributed by atoms with Crippen molar-refractivity contribution in [2.24, 2.45) is 17.6 Å². The van der Waals surface area contributed by atoms with E-state index in [1.54, 1.807) is 0 Å². The number of carbonyl (C=O) groups is 1. The zero-order valence-corrected chi connectivity index (χ0v) is 8.55. The number of hydrogen-bond donors (Lipinski definition) is 2. The molecule has 76 valence electrons. The van der Waals surface area contributed by atoms with Gasteiger partial charge in [0, 0.05) is 12.5 Å². The van der Waals surface area contributed by atoms with Gasteiger partial charge >= 0.3 is 0 Å². The van der Waals surface area contributed by atoms with E-state index in [4.69, 9.17) is 5.73 Å². The normalized spacial score (nSPS) is 29.2. The Morgan fingerprint density at radius 2 is 2.31 bits per heavy atom. The first-order chi connectivity index (χ1) is 6.09. The van der Waals surface area contributed by atoms with Crippen LogP contribution in [0.4, 0.5) is 0 Å². The van der Waals surface area contributed by atoms with Gasteiger partial charge in [0.15, 0.2) is 0 Å². The fourth-order valence-corrected chi connectivity index (χ4v) is 2.04. The molecule has 1 aliphatic heterocycles. The molecule has 13 heavy (non-hydrogen) atoms. The minimum absolute atomic E-state index is 0.193. The minimum Gasteiger partial charge on any atom is -0.370 e. The minimum atomic E-state index is -0.193. The molecule has 2 unspecified atom stereocenters. The fourth-order valence-electron chi connectivity index (χ4n) is 2.04. The number of hydrogen-bond acceptors (Lipinski definition) is 2. The molecule has 1 aliphatic rings. The first-order valence-electron chi connectivity index (χ1n) is 5.11. The fraction of sp³-hybridized carbons (Fsp3) is 0.900. The van der Waals surface area contributed by atoms with Crippen LogP contribution in [0.1, 0.15) is 33.1 Å². The summed E-state index contributed by atoms with van der Waals surface area (Å²) in [5.74, 6) is 1.28. The molecule has 1 saturated heterocycles. The van der Waals surface area contributed by atoms with E-state index in [1.165, 1.54) is 6.42 Å². The molecule has 1 fully saturated rings. The van der Waals surface area contributed by atoms with E-state index in [0.29, 0.717) is 12.5 Å². The average molecular weight is 184 g/mol. The molecular weight excluding hydrogens is 164 g/mol. The van der Waals surface area contributed by atoms with Gasteiger partial charge in [0.25, 0.3) is 0 Å². The van der Waals surface area contributed by atoms with Crippen LogP contribution < -0.4 is 11.1 Å². The molecule has 3 N–H and O–H groups in total. The van der Waals surface area contributed by atoms with Crippen molar-refractivity contribution in [1.82, 2.24) is 5.32 Å². The van der Waals surface area contributed by atoms with Gasteiger partial charge in [-0.2, -0.15) is 0 Å². The lowest BCUT2D eigenvalue weighted by molar-refractivity contribution is -0.118. The summed E-state index contributed by atoms with van der Waals surface area (Å²) in [7, 11) is 0. The summed E-state index contributed by atoms with van der Waals surface area (Å²) in [6, 6.07) is 0.318. The Balaban J connectivity index is 2.37. The highest BCUT2D eigenvalue weighted by Gasteiger charge is 2.24. The van der Waals surface area contributed by atoms with Gasteiger partial charge in [0.1, 0.15) is 0 Å². The van der Waals surface area contributed by atoms with Gasteiger partial charge in [-0.25, -0.2) is 0 Å². The first kappa shape index (κ1) is 10.5. The third-order valence-corrected chi connectivity index (χ3v) is 2.93. The summed E-state index contributed by atoms with van der Waals surface area (Å²) in [5.41, 5.74) is 5.17. The zero-order chi connectivity index (χ0) is 9.84. The van der Waals surface area contributed by atoms with Crippen LogP contribution >= 0.6 is 0 Å². The third kappa shape index (κ3) is 3.35. The maximum Gasteiger partial charge on any atom is 0.218 e. The smallest absolute Gasteiger partial charge is 0.218 e. The summed E-state index contributed by atoms with van der Waals surface area (Å²) in [6.45, 7) is 5.52. The molecule has 0 aliphatic carbocycles. The quantitative estimate of drug-likeness (QED) is 0.684. The van der Waals surface area contributed by atoms with Gasteiger partial charge in [0.2, 0.25) is 5.91 Å². The number of primary amides is 1. The summed E-state index contributed by atoms with van der Waals surface area (Å²) in [6.07, 6.45) is 2.82. The van der Waals surface area contributed by atoms with Crippen molar-refractivity contribution in [3.05, 3.63) is 0 Å². The molecular formula is C10H20N2O. The molecule has 0 aromatic carbocycles. The summed E-state index contributed by atoms with van der Waals surface area (Å²) >= 11 is 0. The van der Waals surface area contributed by atoms with Crippen LogP contribution in [0.3, 0.4) is 0 Å². The van der Waals surface area contributed by atoms with Crippen molar-refractivity contribution in [1.29, 1.82) is 0 Å². The molecule has 2 atom stereocenters. The van der Waals surface area contributed by atoms with Crippen LogP contribution in [0.5, 0.6) is 0 Å². The second kappa shape index (κ2) is 4.61. The SMILES string of the molecule is CC(C)C1CCNC(CC(N)=O)C1. The van der Waals surface area contributed by atoms with Crippen molar-refractivity contribution < 1.29 is 4.79 Å². The second-order valence-corrected chi connectivity index (χ2v) is 4.35. The Bertz CT molecular complexity index is 180. The number of nitrogens with one attached hydrogen (secondary N) is 1. The van der Waals surface area contributed by atoms with Crippen molar-refractivity contribution in [3.63, 3.8) is 0 Å². The topological polar surface area (TPSA) is 55.1 Å². The van der Waals surface area contributed by atoms with Gasteiger partial charge in [-0.3, -0.25) is 4.79 Å². The highest BCUT2D eigenvalue weighted by molar-refractivity contribution is 5.74. The Morgan fingerprint density at radius 3 is 2.85 bits per heavy atom. The standard InChI is InChI=1S/C10H20N2O/c1-7(2)8-3-4-12-9(5-8)6-10(11)13/h7-9,12H,3-6H2,1-2H3,(H2,11,13). The number of rotatable bonds is 3. The van der Waals surface area contributed by atoms with Crippen molar-refractivity contribution in [2.75, 3.05) is 6.54 Å². The van der Waals surface area contributed by atoms with Crippen molar-refractivity contribution in [3.8, 4) is 0 Å². The second-order valence-electron chi connectivity index (χ2n) is 4.35. The third-order valence-electron chi connectivity index (χ3n) is 2.93. The van der Waals surface area contributed by atoms with Crippen LogP contribution in [0.2, 0.25) is 0 Å². The van der Waals surface area contributed by atoms with E-state index in [-0.39, 0.29) is 5.91 Å². The molecule has 3 nitrogen and oxygen atoms in total. The van der Waals surface area contributed by atoms with E-state index in [2.05, 4.69) is 19.2 Å². The molecule has 0 radical (unpaired) electrons. The lowest BCUT2D eigenvalue weighted by atomic mass is 9.83. The molecule has 0 saturated carbocycles. The van der Waals surface area contributed by atoms with Crippen molar-refractivity contribution >= 4 is 5.91 Å².